The molecule has 0 aromatic heterocycles. The third-order valence-corrected chi connectivity index (χ3v) is 7.49. The zero-order chi connectivity index (χ0) is 15.7. The van der Waals surface area contributed by atoms with Crippen molar-refractivity contribution < 1.29 is 14.7 Å². The Morgan fingerprint density at radius 1 is 1.14 bits per heavy atom. The van der Waals surface area contributed by atoms with Crippen LogP contribution in [0.4, 0.5) is 0 Å². The number of aliphatic hydroxyl groups is 1. The first-order valence-electron chi connectivity index (χ1n) is 8.87. The molecule has 1 N–H and O–H groups in total. The lowest BCUT2D eigenvalue weighted by molar-refractivity contribution is -0.141. The molecule has 4 rings (SSSR count). The molecule has 0 heterocycles. The molecule has 0 aromatic carbocycles. The summed E-state index contributed by atoms with van der Waals surface area (Å²) < 4.78 is 0. The van der Waals surface area contributed by atoms with Gasteiger partial charge in [0.25, 0.3) is 0 Å². The van der Waals surface area contributed by atoms with Crippen molar-refractivity contribution in [2.45, 2.75) is 64.4 Å². The molecule has 6 atom stereocenters. The number of hydrogen-bond donors (Lipinski definition) is 1. The Kier molecular flexibility index (Phi) is 3.01. The number of Topliss-reactive ketones (excluding diaryl/α,β-unsaturated/α-hetero) is 1. The molecule has 0 amide bonds. The fourth-order valence-corrected chi connectivity index (χ4v) is 6.31. The molecule has 3 saturated carbocycles. The molecule has 0 spiro atoms. The molecule has 0 saturated heterocycles. The first-order valence-corrected chi connectivity index (χ1v) is 8.87. The van der Waals surface area contributed by atoms with E-state index in [9.17, 15) is 14.7 Å². The monoisotopic (exact) mass is 302 g/mol. The van der Waals surface area contributed by atoms with E-state index in [0.29, 0.717) is 30.5 Å². The molecule has 22 heavy (non-hydrogen) atoms. The quantitative estimate of drug-likeness (QED) is 0.748. The van der Waals surface area contributed by atoms with Gasteiger partial charge in [-0.3, -0.25) is 9.59 Å². The van der Waals surface area contributed by atoms with E-state index >= 15 is 0 Å². The maximum atomic E-state index is 12.4. The number of rotatable bonds is 0. The molecule has 3 fully saturated rings. The van der Waals surface area contributed by atoms with Crippen LogP contribution in [0.3, 0.4) is 0 Å². The van der Waals surface area contributed by atoms with Crippen LogP contribution in [0.25, 0.3) is 0 Å². The number of carbonyl (C=O) groups is 2. The largest absolute Gasteiger partial charge is 0.385 e. The van der Waals surface area contributed by atoms with Crippen LogP contribution < -0.4 is 0 Å². The maximum Gasteiger partial charge on any atom is 0.155 e. The lowest BCUT2D eigenvalue weighted by Gasteiger charge is -2.57. The predicted octanol–water partition coefficient (Wildman–Crippen LogP) is 3.06. The van der Waals surface area contributed by atoms with E-state index in [1.807, 2.05) is 0 Å². The summed E-state index contributed by atoms with van der Waals surface area (Å²) in [6.45, 7) is 4.31. The average Bonchev–Trinajstić information content (AvgIpc) is 2.77. The number of carbonyl (C=O) groups excluding carboxylic acids is 2. The van der Waals surface area contributed by atoms with Gasteiger partial charge in [0.1, 0.15) is 5.78 Å². The number of ketones is 2. The second-order valence-electron chi connectivity index (χ2n) is 8.42. The van der Waals surface area contributed by atoms with Crippen LogP contribution >= 0.6 is 0 Å². The van der Waals surface area contributed by atoms with Crippen molar-refractivity contribution in [3.63, 3.8) is 0 Å². The van der Waals surface area contributed by atoms with Gasteiger partial charge in [0.2, 0.25) is 0 Å². The summed E-state index contributed by atoms with van der Waals surface area (Å²) in [6, 6.07) is 0. The van der Waals surface area contributed by atoms with Crippen LogP contribution in [0.5, 0.6) is 0 Å². The summed E-state index contributed by atoms with van der Waals surface area (Å²) in [7, 11) is 0. The van der Waals surface area contributed by atoms with Gasteiger partial charge in [0.15, 0.2) is 5.78 Å². The van der Waals surface area contributed by atoms with Crippen molar-refractivity contribution in [3.8, 4) is 0 Å². The Morgan fingerprint density at radius 2 is 1.91 bits per heavy atom. The molecule has 120 valence electrons. The predicted molar refractivity (Wildman–Crippen MR) is 83.1 cm³/mol. The molecule has 3 heteroatoms. The third-order valence-electron chi connectivity index (χ3n) is 7.49. The summed E-state index contributed by atoms with van der Waals surface area (Å²) in [5.41, 5.74) is 0.0459. The Balaban J connectivity index is 1.74. The second kappa shape index (κ2) is 4.53. The van der Waals surface area contributed by atoms with Gasteiger partial charge in [-0.25, -0.2) is 0 Å². The van der Waals surface area contributed by atoms with Gasteiger partial charge in [-0.15, -0.1) is 0 Å². The first-order chi connectivity index (χ1) is 10.4. The van der Waals surface area contributed by atoms with Gasteiger partial charge >= 0.3 is 0 Å². The molecule has 0 bridgehead atoms. The van der Waals surface area contributed by atoms with Crippen molar-refractivity contribution in [2.24, 2.45) is 29.1 Å². The normalized spacial score (nSPS) is 51.0. The third kappa shape index (κ3) is 1.72. The van der Waals surface area contributed by atoms with Gasteiger partial charge in [-0.2, -0.15) is 0 Å². The number of fused-ring (bicyclic) bond motifs is 5. The SMILES string of the molecule is CC1C[C@@H]2[C@H](CC[C@]3(C)C(=O)CC[C@@H]23)C2(O)CCC(=O)C=C12. The highest BCUT2D eigenvalue weighted by Gasteiger charge is 2.61. The molecule has 0 radical (unpaired) electrons. The van der Waals surface area contributed by atoms with Crippen molar-refractivity contribution in [2.75, 3.05) is 0 Å². The molecule has 2 unspecified atom stereocenters. The fourth-order valence-electron chi connectivity index (χ4n) is 6.31. The Bertz CT molecular complexity index is 577. The van der Waals surface area contributed by atoms with Crippen LogP contribution in [-0.4, -0.2) is 22.3 Å². The standard InChI is InChI=1S/C19H26O3/c1-11-9-13-14-3-4-17(21)18(14,2)7-6-15(13)19(22)8-5-12(20)10-16(11)19/h10-11,13-15,22H,3-9H2,1-2H3/t11?,13-,14-,15-,18-,19?/m0/s1. The number of hydrogen-bond acceptors (Lipinski definition) is 3. The van der Waals surface area contributed by atoms with Gasteiger partial charge in [0.05, 0.1) is 5.60 Å². The van der Waals surface area contributed by atoms with Gasteiger partial charge in [-0.05, 0) is 67.4 Å². The van der Waals surface area contributed by atoms with E-state index in [2.05, 4.69) is 13.8 Å². The van der Waals surface area contributed by atoms with E-state index in [-0.39, 0.29) is 23.0 Å². The summed E-state index contributed by atoms with van der Waals surface area (Å²) in [5, 5.41) is 11.4. The van der Waals surface area contributed by atoms with E-state index in [0.717, 1.165) is 37.7 Å². The van der Waals surface area contributed by atoms with Gasteiger partial charge in [-0.1, -0.05) is 13.8 Å². The van der Waals surface area contributed by atoms with Crippen LogP contribution in [0.1, 0.15) is 58.8 Å². The highest BCUT2D eigenvalue weighted by Crippen LogP contribution is 2.62. The minimum absolute atomic E-state index is 0.150. The van der Waals surface area contributed by atoms with Crippen LogP contribution in [0.15, 0.2) is 11.6 Å². The van der Waals surface area contributed by atoms with Crippen molar-refractivity contribution in [1.29, 1.82) is 0 Å². The van der Waals surface area contributed by atoms with Gasteiger partial charge < -0.3 is 5.11 Å². The fraction of sp³-hybridized carbons (Fsp3) is 0.789. The highest BCUT2D eigenvalue weighted by atomic mass is 16.3. The molecule has 0 aromatic rings. The molecular weight excluding hydrogens is 276 g/mol. The summed E-state index contributed by atoms with van der Waals surface area (Å²) in [6.07, 6.45) is 7.37. The van der Waals surface area contributed by atoms with Crippen molar-refractivity contribution in [1.82, 2.24) is 0 Å². The Hall–Kier alpha value is -0.960. The van der Waals surface area contributed by atoms with E-state index in [4.69, 9.17) is 0 Å². The Morgan fingerprint density at radius 3 is 2.68 bits per heavy atom. The van der Waals surface area contributed by atoms with Crippen LogP contribution in [0, 0.1) is 29.1 Å². The molecule has 3 nitrogen and oxygen atoms in total. The molecular formula is C19H26O3. The highest BCUT2D eigenvalue weighted by molar-refractivity contribution is 5.92. The molecule has 4 aliphatic carbocycles. The Labute approximate surface area is 132 Å². The second-order valence-corrected chi connectivity index (χ2v) is 8.42. The lowest BCUT2D eigenvalue weighted by Crippen LogP contribution is -2.57. The minimum Gasteiger partial charge on any atom is -0.385 e. The zero-order valence-electron chi connectivity index (χ0n) is 13.6. The van der Waals surface area contributed by atoms with Crippen LogP contribution in [0.2, 0.25) is 0 Å². The molecule has 4 aliphatic rings. The lowest BCUT2D eigenvalue weighted by atomic mass is 9.49. The van der Waals surface area contributed by atoms with Crippen LogP contribution in [-0.2, 0) is 9.59 Å². The maximum absolute atomic E-state index is 12.4. The van der Waals surface area contributed by atoms with E-state index < -0.39 is 5.60 Å². The average molecular weight is 302 g/mol. The van der Waals surface area contributed by atoms with Crippen molar-refractivity contribution in [3.05, 3.63) is 11.6 Å². The summed E-state index contributed by atoms with van der Waals surface area (Å²) in [4.78, 5) is 24.2. The summed E-state index contributed by atoms with van der Waals surface area (Å²) in [5.74, 6) is 1.98. The smallest absolute Gasteiger partial charge is 0.155 e. The topological polar surface area (TPSA) is 54.4 Å². The van der Waals surface area contributed by atoms with E-state index in [1.165, 1.54) is 0 Å². The minimum atomic E-state index is -0.788. The zero-order valence-corrected chi connectivity index (χ0v) is 13.6. The van der Waals surface area contributed by atoms with Gasteiger partial charge in [0, 0.05) is 18.3 Å². The first kappa shape index (κ1) is 14.6. The van der Waals surface area contributed by atoms with E-state index in [1.54, 1.807) is 6.08 Å². The molecule has 0 aliphatic heterocycles. The van der Waals surface area contributed by atoms with Crippen molar-refractivity contribution >= 4 is 11.6 Å². The summed E-state index contributed by atoms with van der Waals surface area (Å²) >= 11 is 0.